The zero-order valence-electron chi connectivity index (χ0n) is 13.7. The van der Waals surface area contributed by atoms with Gasteiger partial charge in [-0.3, -0.25) is 4.79 Å². The summed E-state index contributed by atoms with van der Waals surface area (Å²) in [6, 6.07) is 5.97. The molecule has 0 aromatic heterocycles. The Balaban J connectivity index is 0.00000288. The molecule has 136 valence electrons. The van der Waals surface area contributed by atoms with Gasteiger partial charge in [-0.2, -0.15) is 4.31 Å². The van der Waals surface area contributed by atoms with Gasteiger partial charge in [0.25, 0.3) is 0 Å². The Bertz CT molecular complexity index is 652. The number of halogens is 2. The summed E-state index contributed by atoms with van der Waals surface area (Å²) >= 11 is 5.77. The van der Waals surface area contributed by atoms with E-state index in [0.717, 1.165) is 23.8 Å². The highest BCUT2D eigenvalue weighted by atomic mass is 35.5. The molecule has 0 aliphatic carbocycles. The zero-order chi connectivity index (χ0) is 17.0. The van der Waals surface area contributed by atoms with E-state index in [1.807, 2.05) is 0 Å². The van der Waals surface area contributed by atoms with Crippen LogP contribution >= 0.6 is 24.0 Å². The summed E-state index contributed by atoms with van der Waals surface area (Å²) in [4.78, 5) is 12.3. The van der Waals surface area contributed by atoms with Gasteiger partial charge in [0, 0.05) is 18.1 Å². The molecule has 0 radical (unpaired) electrons. The van der Waals surface area contributed by atoms with Gasteiger partial charge in [-0.15, -0.1) is 12.4 Å². The molecule has 1 aliphatic heterocycles. The smallest absolute Gasteiger partial charge is 0.243 e. The first-order valence-electron chi connectivity index (χ1n) is 7.52. The monoisotopic (exact) mass is 395 g/mol. The molecule has 1 aromatic carbocycles. The largest absolute Gasteiger partial charge is 0.352 e. The van der Waals surface area contributed by atoms with Crippen molar-refractivity contribution in [1.82, 2.24) is 14.9 Å². The molecule has 24 heavy (non-hydrogen) atoms. The zero-order valence-corrected chi connectivity index (χ0v) is 16.0. The number of sulfonamides is 1. The number of likely N-dealkylation sites (N-methyl/N-ethyl adjacent to an activating group) is 1. The standard InChI is InChI=1S/C15H22ClN3O3S.ClH/c1-11-9-17-8-7-14(11)18-15(20)10-19(2)23(21,22)13-5-3-12(16)4-6-13;/h3-6,11,14,17H,7-10H2,1-2H3,(H,18,20);1H. The Morgan fingerprint density at radius 2 is 2.00 bits per heavy atom. The van der Waals surface area contributed by atoms with E-state index < -0.39 is 10.0 Å². The minimum atomic E-state index is -3.70. The topological polar surface area (TPSA) is 78.5 Å². The van der Waals surface area contributed by atoms with E-state index in [2.05, 4.69) is 17.6 Å². The molecule has 0 spiro atoms. The Kier molecular flexibility index (Phi) is 7.95. The van der Waals surface area contributed by atoms with Crippen molar-refractivity contribution in [1.29, 1.82) is 0 Å². The van der Waals surface area contributed by atoms with E-state index in [9.17, 15) is 13.2 Å². The van der Waals surface area contributed by atoms with Gasteiger partial charge in [0.1, 0.15) is 0 Å². The lowest BCUT2D eigenvalue weighted by atomic mass is 9.95. The van der Waals surface area contributed by atoms with Gasteiger partial charge in [0.05, 0.1) is 11.4 Å². The van der Waals surface area contributed by atoms with Crippen LogP contribution in [0.25, 0.3) is 0 Å². The van der Waals surface area contributed by atoms with E-state index in [-0.39, 0.29) is 35.8 Å². The number of hydrogen-bond acceptors (Lipinski definition) is 4. The highest BCUT2D eigenvalue weighted by Crippen LogP contribution is 2.17. The van der Waals surface area contributed by atoms with E-state index in [0.29, 0.717) is 10.9 Å². The van der Waals surface area contributed by atoms with Crippen molar-refractivity contribution >= 4 is 39.9 Å². The molecule has 2 rings (SSSR count). The Hall–Kier alpha value is -0.860. The fraction of sp³-hybridized carbons (Fsp3) is 0.533. The molecule has 9 heteroatoms. The molecule has 6 nitrogen and oxygen atoms in total. The fourth-order valence-corrected chi connectivity index (χ4v) is 3.81. The van der Waals surface area contributed by atoms with Crippen LogP contribution in [-0.2, 0) is 14.8 Å². The van der Waals surface area contributed by atoms with Crippen LogP contribution in [0, 0.1) is 5.92 Å². The number of rotatable bonds is 5. The molecule has 0 saturated carbocycles. The third kappa shape index (κ3) is 5.32. The predicted octanol–water partition coefficient (Wildman–Crippen LogP) is 1.50. The summed E-state index contributed by atoms with van der Waals surface area (Å²) in [7, 11) is -2.31. The molecule has 1 heterocycles. The van der Waals surface area contributed by atoms with E-state index in [1.54, 1.807) is 0 Å². The highest BCUT2D eigenvalue weighted by molar-refractivity contribution is 7.89. The maximum atomic E-state index is 12.4. The molecule has 1 aromatic rings. The Labute approximate surface area is 154 Å². The average molecular weight is 396 g/mol. The quantitative estimate of drug-likeness (QED) is 0.791. The molecule has 2 atom stereocenters. The first kappa shape index (κ1) is 21.2. The second kappa shape index (κ2) is 9.01. The van der Waals surface area contributed by atoms with Gasteiger partial charge in [0.15, 0.2) is 0 Å². The van der Waals surface area contributed by atoms with Crippen molar-refractivity contribution < 1.29 is 13.2 Å². The highest BCUT2D eigenvalue weighted by Gasteiger charge is 2.26. The lowest BCUT2D eigenvalue weighted by Crippen LogP contribution is -2.50. The number of amides is 1. The van der Waals surface area contributed by atoms with Gasteiger partial charge in [-0.05, 0) is 49.7 Å². The average Bonchev–Trinajstić information content (AvgIpc) is 2.50. The second-order valence-corrected chi connectivity index (χ2v) is 8.34. The first-order chi connectivity index (χ1) is 10.8. The second-order valence-electron chi connectivity index (χ2n) is 5.86. The van der Waals surface area contributed by atoms with Gasteiger partial charge in [-0.1, -0.05) is 18.5 Å². The SMILES string of the molecule is CC1CNCCC1NC(=O)CN(C)S(=O)(=O)c1ccc(Cl)cc1.Cl. The van der Waals surface area contributed by atoms with E-state index >= 15 is 0 Å². The number of piperidine rings is 1. The Morgan fingerprint density at radius 3 is 2.58 bits per heavy atom. The lowest BCUT2D eigenvalue weighted by molar-refractivity contribution is -0.122. The minimum absolute atomic E-state index is 0. The summed E-state index contributed by atoms with van der Waals surface area (Å²) < 4.78 is 25.9. The third-order valence-corrected chi connectivity index (χ3v) is 6.09. The molecular weight excluding hydrogens is 373 g/mol. The molecule has 1 amide bonds. The van der Waals surface area contributed by atoms with Crippen molar-refractivity contribution in [2.45, 2.75) is 24.3 Å². The van der Waals surface area contributed by atoms with Crippen LogP contribution in [0.4, 0.5) is 0 Å². The van der Waals surface area contributed by atoms with Gasteiger partial charge >= 0.3 is 0 Å². The number of carbonyl (C=O) groups excluding carboxylic acids is 1. The number of nitrogens with one attached hydrogen (secondary N) is 2. The van der Waals surface area contributed by atoms with Gasteiger partial charge in [0.2, 0.25) is 15.9 Å². The number of benzene rings is 1. The van der Waals surface area contributed by atoms with Crippen LogP contribution in [0.2, 0.25) is 5.02 Å². The summed E-state index contributed by atoms with van der Waals surface area (Å²) in [5, 5.41) is 6.65. The summed E-state index contributed by atoms with van der Waals surface area (Å²) in [6.07, 6.45) is 0.848. The molecule has 2 N–H and O–H groups in total. The summed E-state index contributed by atoms with van der Waals surface area (Å²) in [6.45, 7) is 3.56. The van der Waals surface area contributed by atoms with Crippen molar-refractivity contribution in [3.63, 3.8) is 0 Å². The van der Waals surface area contributed by atoms with E-state index in [1.165, 1.54) is 31.3 Å². The molecule has 1 saturated heterocycles. The fourth-order valence-electron chi connectivity index (χ4n) is 2.55. The number of hydrogen-bond donors (Lipinski definition) is 2. The number of nitrogens with zero attached hydrogens (tertiary/aromatic N) is 1. The van der Waals surface area contributed by atoms with Crippen LogP contribution < -0.4 is 10.6 Å². The molecule has 2 unspecified atom stereocenters. The molecule has 0 bridgehead atoms. The van der Waals surface area contributed by atoms with Gasteiger partial charge in [-0.25, -0.2) is 8.42 Å². The van der Waals surface area contributed by atoms with Crippen molar-refractivity contribution in [3.05, 3.63) is 29.3 Å². The van der Waals surface area contributed by atoms with Crippen molar-refractivity contribution in [2.75, 3.05) is 26.7 Å². The van der Waals surface area contributed by atoms with Crippen molar-refractivity contribution in [2.24, 2.45) is 5.92 Å². The van der Waals surface area contributed by atoms with Crippen LogP contribution in [0.3, 0.4) is 0 Å². The Morgan fingerprint density at radius 1 is 1.38 bits per heavy atom. The van der Waals surface area contributed by atoms with Gasteiger partial charge < -0.3 is 10.6 Å². The normalized spacial score (nSPS) is 21.2. The predicted molar refractivity (Wildman–Crippen MR) is 97.1 cm³/mol. The molecular formula is C15H23Cl2N3O3S. The summed E-state index contributed by atoms with van der Waals surface area (Å²) in [5.41, 5.74) is 0. The number of carbonyl (C=O) groups is 1. The van der Waals surface area contributed by atoms with Crippen LogP contribution in [0.5, 0.6) is 0 Å². The maximum absolute atomic E-state index is 12.4. The maximum Gasteiger partial charge on any atom is 0.243 e. The van der Waals surface area contributed by atoms with Crippen molar-refractivity contribution in [3.8, 4) is 0 Å². The minimum Gasteiger partial charge on any atom is -0.352 e. The van der Waals surface area contributed by atoms with E-state index in [4.69, 9.17) is 11.6 Å². The van der Waals surface area contributed by atoms with Crippen LogP contribution in [-0.4, -0.2) is 51.4 Å². The summed E-state index contributed by atoms with van der Waals surface area (Å²) in [5.74, 6) is 0.0367. The third-order valence-electron chi connectivity index (χ3n) is 4.02. The molecule has 1 fully saturated rings. The first-order valence-corrected chi connectivity index (χ1v) is 9.34. The van der Waals surface area contributed by atoms with Crippen LogP contribution in [0.1, 0.15) is 13.3 Å². The van der Waals surface area contributed by atoms with Crippen LogP contribution in [0.15, 0.2) is 29.2 Å². The molecule has 1 aliphatic rings. The lowest BCUT2D eigenvalue weighted by Gasteiger charge is -2.30.